The number of urea groups is 1. The normalized spacial score (nSPS) is 18.4. The van der Waals surface area contributed by atoms with Crippen molar-refractivity contribution in [1.29, 1.82) is 0 Å². The van der Waals surface area contributed by atoms with Crippen molar-refractivity contribution in [1.82, 2.24) is 4.90 Å². The molecule has 102 valence electrons. The second kappa shape index (κ2) is 5.48. The summed E-state index contributed by atoms with van der Waals surface area (Å²) >= 11 is 0. The first-order valence-electron chi connectivity index (χ1n) is 6.72. The van der Waals surface area contributed by atoms with E-state index in [2.05, 4.69) is 5.32 Å². The zero-order chi connectivity index (χ0) is 13.1. The molecule has 5 heteroatoms. The molecule has 0 saturated carbocycles. The Labute approximate surface area is 112 Å². The van der Waals surface area contributed by atoms with Crippen LogP contribution < -0.4 is 10.1 Å². The van der Waals surface area contributed by atoms with Gasteiger partial charge < -0.3 is 19.7 Å². The Morgan fingerprint density at radius 1 is 1.21 bits per heavy atom. The molecule has 1 fully saturated rings. The first-order chi connectivity index (χ1) is 9.33. The van der Waals surface area contributed by atoms with Gasteiger partial charge in [-0.3, -0.25) is 0 Å². The molecule has 3 rings (SSSR count). The Hall–Kier alpha value is -1.75. The fourth-order valence-electron chi connectivity index (χ4n) is 2.41. The van der Waals surface area contributed by atoms with Gasteiger partial charge in [0, 0.05) is 18.8 Å². The van der Waals surface area contributed by atoms with Crippen LogP contribution in [-0.4, -0.2) is 43.8 Å². The predicted octanol–water partition coefficient (Wildman–Crippen LogP) is 1.88. The highest BCUT2D eigenvalue weighted by atomic mass is 16.5. The summed E-state index contributed by atoms with van der Waals surface area (Å²) in [6, 6.07) is 5.78. The lowest BCUT2D eigenvalue weighted by molar-refractivity contribution is 0.0564. The van der Waals surface area contributed by atoms with E-state index in [1.54, 1.807) is 4.90 Å². The molecule has 0 aliphatic carbocycles. The van der Waals surface area contributed by atoms with Crippen LogP contribution >= 0.6 is 0 Å². The number of aryl methyl sites for hydroxylation is 1. The minimum atomic E-state index is -0.0556. The summed E-state index contributed by atoms with van der Waals surface area (Å²) in [6.07, 6.45) is 2.05. The number of benzene rings is 1. The third-order valence-electron chi connectivity index (χ3n) is 3.46. The molecule has 1 aromatic rings. The number of carbonyl (C=O) groups excluding carboxylic acids is 1. The van der Waals surface area contributed by atoms with Crippen molar-refractivity contribution >= 4 is 11.7 Å². The van der Waals surface area contributed by atoms with E-state index in [4.69, 9.17) is 9.47 Å². The van der Waals surface area contributed by atoms with Gasteiger partial charge in [0.1, 0.15) is 5.75 Å². The summed E-state index contributed by atoms with van der Waals surface area (Å²) in [4.78, 5) is 13.8. The van der Waals surface area contributed by atoms with E-state index in [1.807, 2.05) is 18.2 Å². The molecule has 5 nitrogen and oxygen atoms in total. The van der Waals surface area contributed by atoms with Crippen LogP contribution in [0.4, 0.5) is 10.5 Å². The molecular weight excluding hydrogens is 244 g/mol. The standard InChI is InChI=1S/C14H18N2O3/c17-14(16-5-8-18-9-6-16)15-12-3-4-13-11(10-12)2-1-7-19-13/h3-4,10H,1-2,5-9H2,(H,15,17). The SMILES string of the molecule is O=C(Nc1ccc2c(c1)CCCO2)N1CCOCC1. The maximum absolute atomic E-state index is 12.1. The highest BCUT2D eigenvalue weighted by Crippen LogP contribution is 2.27. The van der Waals surface area contributed by atoms with Crippen molar-refractivity contribution in [3.05, 3.63) is 23.8 Å². The lowest BCUT2D eigenvalue weighted by Gasteiger charge is -2.27. The number of rotatable bonds is 1. The number of anilines is 1. The zero-order valence-electron chi connectivity index (χ0n) is 10.9. The zero-order valence-corrected chi connectivity index (χ0v) is 10.9. The van der Waals surface area contributed by atoms with Crippen molar-refractivity contribution < 1.29 is 14.3 Å². The number of amides is 2. The quantitative estimate of drug-likeness (QED) is 0.840. The Bertz CT molecular complexity index is 470. The van der Waals surface area contributed by atoms with Crippen LogP contribution in [0.5, 0.6) is 5.75 Å². The largest absolute Gasteiger partial charge is 0.493 e. The molecule has 1 saturated heterocycles. The number of nitrogens with one attached hydrogen (secondary N) is 1. The second-order valence-corrected chi connectivity index (χ2v) is 4.80. The molecule has 2 amide bonds. The Morgan fingerprint density at radius 2 is 2.05 bits per heavy atom. The summed E-state index contributed by atoms with van der Waals surface area (Å²) in [5.41, 5.74) is 2.01. The Balaban J connectivity index is 1.67. The highest BCUT2D eigenvalue weighted by Gasteiger charge is 2.17. The summed E-state index contributed by atoms with van der Waals surface area (Å²) in [5.74, 6) is 0.940. The van der Waals surface area contributed by atoms with E-state index in [1.165, 1.54) is 5.56 Å². The van der Waals surface area contributed by atoms with Gasteiger partial charge in [-0.25, -0.2) is 4.79 Å². The highest BCUT2D eigenvalue weighted by molar-refractivity contribution is 5.89. The molecule has 19 heavy (non-hydrogen) atoms. The number of nitrogens with zero attached hydrogens (tertiary/aromatic N) is 1. The smallest absolute Gasteiger partial charge is 0.321 e. The molecule has 2 aliphatic heterocycles. The first-order valence-corrected chi connectivity index (χ1v) is 6.72. The maximum atomic E-state index is 12.1. The van der Waals surface area contributed by atoms with E-state index in [9.17, 15) is 4.79 Å². The van der Waals surface area contributed by atoms with Crippen LogP contribution in [0.2, 0.25) is 0 Å². The minimum absolute atomic E-state index is 0.0556. The van der Waals surface area contributed by atoms with E-state index < -0.39 is 0 Å². The van der Waals surface area contributed by atoms with Gasteiger partial charge >= 0.3 is 6.03 Å². The van der Waals surface area contributed by atoms with Gasteiger partial charge in [0.15, 0.2) is 0 Å². The number of fused-ring (bicyclic) bond motifs is 1. The monoisotopic (exact) mass is 262 g/mol. The van der Waals surface area contributed by atoms with Crippen molar-refractivity contribution in [3.63, 3.8) is 0 Å². The van der Waals surface area contributed by atoms with E-state index in [0.717, 1.165) is 30.9 Å². The molecule has 2 aliphatic rings. The summed E-state index contributed by atoms with van der Waals surface area (Å²) in [5, 5.41) is 2.94. The summed E-state index contributed by atoms with van der Waals surface area (Å²) in [7, 11) is 0. The maximum Gasteiger partial charge on any atom is 0.321 e. The molecule has 0 bridgehead atoms. The molecule has 1 N–H and O–H groups in total. The third-order valence-corrected chi connectivity index (χ3v) is 3.46. The Morgan fingerprint density at radius 3 is 2.89 bits per heavy atom. The van der Waals surface area contributed by atoms with Gasteiger partial charge in [0.05, 0.1) is 19.8 Å². The van der Waals surface area contributed by atoms with Crippen LogP contribution in [-0.2, 0) is 11.2 Å². The van der Waals surface area contributed by atoms with Crippen LogP contribution in [0.15, 0.2) is 18.2 Å². The van der Waals surface area contributed by atoms with Crippen LogP contribution in [0.1, 0.15) is 12.0 Å². The van der Waals surface area contributed by atoms with Gasteiger partial charge in [0.25, 0.3) is 0 Å². The number of hydrogen-bond acceptors (Lipinski definition) is 3. The number of hydrogen-bond donors (Lipinski definition) is 1. The molecule has 0 spiro atoms. The average Bonchev–Trinajstić information content (AvgIpc) is 2.48. The van der Waals surface area contributed by atoms with Crippen LogP contribution in [0.3, 0.4) is 0 Å². The van der Waals surface area contributed by atoms with Crippen molar-refractivity contribution in [3.8, 4) is 5.75 Å². The van der Waals surface area contributed by atoms with E-state index in [-0.39, 0.29) is 6.03 Å². The minimum Gasteiger partial charge on any atom is -0.493 e. The number of morpholine rings is 1. The van der Waals surface area contributed by atoms with Crippen LogP contribution in [0.25, 0.3) is 0 Å². The molecule has 0 radical (unpaired) electrons. The molecule has 0 aromatic heterocycles. The van der Waals surface area contributed by atoms with E-state index >= 15 is 0 Å². The first kappa shape index (κ1) is 12.3. The summed E-state index contributed by atoms with van der Waals surface area (Å²) in [6.45, 7) is 3.32. The molecule has 0 atom stereocenters. The third kappa shape index (κ3) is 2.81. The average molecular weight is 262 g/mol. The van der Waals surface area contributed by atoms with E-state index in [0.29, 0.717) is 26.3 Å². The predicted molar refractivity (Wildman–Crippen MR) is 71.7 cm³/mol. The molecule has 0 unspecified atom stereocenters. The number of ether oxygens (including phenoxy) is 2. The second-order valence-electron chi connectivity index (χ2n) is 4.80. The van der Waals surface area contributed by atoms with Gasteiger partial charge in [-0.1, -0.05) is 0 Å². The summed E-state index contributed by atoms with van der Waals surface area (Å²) < 4.78 is 10.8. The molecule has 1 aromatic carbocycles. The van der Waals surface area contributed by atoms with Gasteiger partial charge in [0.2, 0.25) is 0 Å². The van der Waals surface area contributed by atoms with Gasteiger partial charge in [-0.05, 0) is 36.6 Å². The lowest BCUT2D eigenvalue weighted by Crippen LogP contribution is -2.43. The molecular formula is C14H18N2O3. The fourth-order valence-corrected chi connectivity index (χ4v) is 2.41. The van der Waals surface area contributed by atoms with Crippen molar-refractivity contribution in [2.75, 3.05) is 38.2 Å². The fraction of sp³-hybridized carbons (Fsp3) is 0.500. The number of carbonyl (C=O) groups is 1. The van der Waals surface area contributed by atoms with Gasteiger partial charge in [-0.15, -0.1) is 0 Å². The van der Waals surface area contributed by atoms with Gasteiger partial charge in [-0.2, -0.15) is 0 Å². The van der Waals surface area contributed by atoms with Crippen molar-refractivity contribution in [2.24, 2.45) is 0 Å². The Kier molecular flexibility index (Phi) is 3.55. The lowest BCUT2D eigenvalue weighted by atomic mass is 10.1. The van der Waals surface area contributed by atoms with Crippen LogP contribution in [0, 0.1) is 0 Å². The topological polar surface area (TPSA) is 50.8 Å². The molecule has 2 heterocycles. The van der Waals surface area contributed by atoms with Crippen molar-refractivity contribution in [2.45, 2.75) is 12.8 Å².